The molecule has 5 atom stereocenters. The van der Waals surface area contributed by atoms with Crippen LogP contribution < -0.4 is 5.32 Å². The molecule has 49 heavy (non-hydrogen) atoms. The van der Waals surface area contributed by atoms with E-state index in [2.05, 4.69) is 26.2 Å². The molecular weight excluding hydrogens is 654 g/mol. The molecular formula is C33H41N5O10Si. The van der Waals surface area contributed by atoms with Crippen LogP contribution in [0.3, 0.4) is 0 Å². The van der Waals surface area contributed by atoms with Gasteiger partial charge in [0.05, 0.1) is 18.0 Å². The van der Waals surface area contributed by atoms with E-state index in [1.165, 1.54) is 11.4 Å². The highest BCUT2D eigenvalue weighted by Crippen LogP contribution is 2.45. The van der Waals surface area contributed by atoms with Gasteiger partial charge in [0.2, 0.25) is 12.4 Å². The molecule has 1 unspecified atom stereocenters. The molecule has 15 nitrogen and oxygen atoms in total. The van der Waals surface area contributed by atoms with Crippen LogP contribution in [0.15, 0.2) is 48.8 Å². The average Bonchev–Trinajstić information content (AvgIpc) is 3.59. The number of aromatic nitrogens is 3. The molecule has 1 aliphatic rings. The van der Waals surface area contributed by atoms with E-state index >= 15 is 0 Å². The Balaban J connectivity index is 1.73. The molecule has 1 aliphatic heterocycles. The first kappa shape index (κ1) is 37.0. The molecule has 1 aromatic carbocycles. The topological polar surface area (TPSA) is 190 Å². The number of carbonyl (C=O) groups is 4. The molecule has 2 aromatic heterocycles. The fraction of sp³-hybridized carbons (Fsp3) is 0.485. The first-order valence-corrected chi connectivity index (χ1v) is 19.1. The van der Waals surface area contributed by atoms with E-state index in [9.17, 15) is 24.4 Å². The van der Waals surface area contributed by atoms with Gasteiger partial charge in [-0.1, -0.05) is 51.1 Å². The van der Waals surface area contributed by atoms with Crippen LogP contribution in [0.2, 0.25) is 19.6 Å². The molecule has 0 spiro atoms. The van der Waals surface area contributed by atoms with Gasteiger partial charge in [0.1, 0.15) is 36.7 Å². The Morgan fingerprint density at radius 2 is 1.78 bits per heavy atom. The second kappa shape index (κ2) is 15.6. The van der Waals surface area contributed by atoms with E-state index in [1.54, 1.807) is 31.2 Å². The zero-order valence-electron chi connectivity index (χ0n) is 28.5. The lowest BCUT2D eigenvalue weighted by Gasteiger charge is -2.34. The Kier molecular flexibility index (Phi) is 11.8. The third kappa shape index (κ3) is 8.99. The number of rotatable bonds is 13. The van der Waals surface area contributed by atoms with Crippen molar-refractivity contribution in [1.82, 2.24) is 14.6 Å². The molecule has 262 valence electrons. The van der Waals surface area contributed by atoms with Crippen LogP contribution in [0.1, 0.15) is 39.0 Å². The molecule has 1 amide bonds. The van der Waals surface area contributed by atoms with Crippen LogP contribution in [0, 0.1) is 23.2 Å². The molecule has 0 aliphatic carbocycles. The molecule has 1 fully saturated rings. The minimum absolute atomic E-state index is 0.0000275. The number of nitrogens with one attached hydrogen (secondary N) is 1. The summed E-state index contributed by atoms with van der Waals surface area (Å²) in [7, 11) is -2.51. The van der Waals surface area contributed by atoms with Crippen molar-refractivity contribution >= 4 is 43.7 Å². The van der Waals surface area contributed by atoms with E-state index in [-0.39, 0.29) is 36.0 Å². The largest absolute Gasteiger partial charge is 0.463 e. The monoisotopic (exact) mass is 695 g/mol. The van der Waals surface area contributed by atoms with Gasteiger partial charge in [-0.3, -0.25) is 19.7 Å². The second-order valence-corrected chi connectivity index (χ2v) is 17.3. The van der Waals surface area contributed by atoms with Crippen molar-refractivity contribution in [2.75, 3.05) is 18.7 Å². The predicted molar refractivity (Wildman–Crippen MR) is 175 cm³/mol. The van der Waals surface area contributed by atoms with Crippen molar-refractivity contribution in [3.8, 4) is 6.07 Å². The van der Waals surface area contributed by atoms with Crippen molar-refractivity contribution in [3.05, 3.63) is 60.0 Å². The summed E-state index contributed by atoms with van der Waals surface area (Å²) in [5.74, 6) is -2.22. The quantitative estimate of drug-likeness (QED) is 0.116. The number of nitriles is 1. The maximum absolute atomic E-state index is 13.4. The van der Waals surface area contributed by atoms with Crippen LogP contribution in [0.5, 0.6) is 0 Å². The van der Waals surface area contributed by atoms with E-state index in [0.717, 1.165) is 11.9 Å². The zero-order valence-corrected chi connectivity index (χ0v) is 29.5. The summed E-state index contributed by atoms with van der Waals surface area (Å²) < 4.78 is 35.7. The van der Waals surface area contributed by atoms with Crippen molar-refractivity contribution in [1.29, 1.82) is 5.26 Å². The Morgan fingerprint density at radius 3 is 2.41 bits per heavy atom. The molecule has 0 saturated carbocycles. The Bertz CT molecular complexity index is 1700. The average molecular weight is 696 g/mol. The molecule has 1 N–H and O–H groups in total. The van der Waals surface area contributed by atoms with Crippen molar-refractivity contribution in [3.63, 3.8) is 0 Å². The molecule has 16 heteroatoms. The van der Waals surface area contributed by atoms with E-state index in [0.29, 0.717) is 0 Å². The number of ether oxygens (including phenoxy) is 5. The Hall–Kier alpha value is -4.85. The molecule has 1 saturated heterocycles. The predicted octanol–water partition coefficient (Wildman–Crippen LogP) is 4.13. The lowest BCUT2D eigenvalue weighted by Crippen LogP contribution is -2.50. The fourth-order valence-corrected chi connectivity index (χ4v) is 6.12. The number of amides is 1. The Labute approximate surface area is 284 Å². The number of benzene rings is 1. The number of carbonyl (C=O) groups excluding carboxylic acids is 4. The molecule has 0 bridgehead atoms. The highest BCUT2D eigenvalue weighted by molar-refractivity contribution is 6.69. The first-order valence-electron chi connectivity index (χ1n) is 15.7. The van der Waals surface area contributed by atoms with E-state index in [4.69, 9.17) is 23.4 Å². The summed E-state index contributed by atoms with van der Waals surface area (Å²) in [4.78, 5) is 53.8. The van der Waals surface area contributed by atoms with Gasteiger partial charge < -0.3 is 28.1 Å². The number of anilines is 1. The van der Waals surface area contributed by atoms with Gasteiger partial charge in [0.15, 0.2) is 20.2 Å². The number of nitrogens with zero attached hydrogens (tertiary/aromatic N) is 4. The van der Waals surface area contributed by atoms with Gasteiger partial charge in [-0.05, 0) is 43.3 Å². The molecule has 0 radical (unpaired) electrons. The summed E-state index contributed by atoms with van der Waals surface area (Å²) in [5, 5.41) is 17.7. The van der Waals surface area contributed by atoms with Gasteiger partial charge in [-0.15, -0.1) is 0 Å². The van der Waals surface area contributed by atoms with Gasteiger partial charge in [-0.25, -0.2) is 14.3 Å². The number of hydrogen-bond donors (Lipinski definition) is 1. The number of hydrogen-bond acceptors (Lipinski definition) is 13. The SMILES string of the molecule is CC(=O)OCOC(=O)Nc1ncnn2c([C@]3(C#N)O[C@H](COC(=O)Cc4ccccc4)[C@@H](OC(=O)[C@@H](C)C(C)C)C3O[Si](C)(C)C)ccc12. The highest BCUT2D eigenvalue weighted by Gasteiger charge is 2.62. The van der Waals surface area contributed by atoms with Gasteiger partial charge in [-0.2, -0.15) is 10.4 Å². The van der Waals surface area contributed by atoms with Crippen molar-refractivity contribution in [2.45, 2.75) is 77.7 Å². The minimum Gasteiger partial charge on any atom is -0.463 e. The molecule has 3 aromatic rings. The van der Waals surface area contributed by atoms with Crippen LogP contribution in [0.4, 0.5) is 10.6 Å². The van der Waals surface area contributed by atoms with Gasteiger partial charge in [0, 0.05) is 6.92 Å². The maximum atomic E-state index is 13.4. The second-order valence-electron chi connectivity index (χ2n) is 12.9. The number of esters is 3. The standard InChI is InChI=1S/C33H41N5O10Si/c1-20(2)21(3)31(41)46-28-25(16-43-27(40)15-23-11-9-8-10-12-23)47-33(17-34,29(28)48-49(5,6)7)26-14-13-24-30(35-18-36-38(24)26)37-32(42)45-19-44-22(4)39/h8-14,18,20-21,25,28-29H,15-16,19H2,1-7H3,(H,35,36,37,42)/t21-,25+,28+,29?,33-/m0/s1. The summed E-state index contributed by atoms with van der Waals surface area (Å²) >= 11 is 0. The van der Waals surface area contributed by atoms with Gasteiger partial charge >= 0.3 is 24.0 Å². The Morgan fingerprint density at radius 1 is 1.06 bits per heavy atom. The smallest absolute Gasteiger partial charge is 0.415 e. The summed E-state index contributed by atoms with van der Waals surface area (Å²) in [6, 6.07) is 14.4. The maximum Gasteiger partial charge on any atom is 0.415 e. The van der Waals surface area contributed by atoms with Crippen LogP contribution in [-0.2, 0) is 54.5 Å². The van der Waals surface area contributed by atoms with E-state index < -0.39 is 68.9 Å². The molecule has 4 rings (SSSR count). The fourth-order valence-electron chi connectivity index (χ4n) is 5.06. The normalized spacial score (nSPS) is 21.1. The zero-order chi connectivity index (χ0) is 35.9. The van der Waals surface area contributed by atoms with Crippen LogP contribution >= 0.6 is 0 Å². The third-order valence-electron chi connectivity index (χ3n) is 7.78. The minimum atomic E-state index is -2.51. The summed E-state index contributed by atoms with van der Waals surface area (Å²) in [6.45, 7) is 11.5. The number of fused-ring (bicyclic) bond motifs is 1. The molecule has 3 heterocycles. The first-order chi connectivity index (χ1) is 23.1. The van der Waals surface area contributed by atoms with Gasteiger partial charge in [0.25, 0.3) is 0 Å². The highest BCUT2D eigenvalue weighted by atomic mass is 28.4. The van der Waals surface area contributed by atoms with Crippen LogP contribution in [0.25, 0.3) is 5.52 Å². The lowest BCUT2D eigenvalue weighted by molar-refractivity contribution is -0.164. The lowest BCUT2D eigenvalue weighted by atomic mass is 9.92. The third-order valence-corrected chi connectivity index (χ3v) is 8.74. The van der Waals surface area contributed by atoms with Crippen molar-refractivity contribution < 1.29 is 47.3 Å². The van der Waals surface area contributed by atoms with Crippen molar-refractivity contribution in [2.24, 2.45) is 11.8 Å². The van der Waals surface area contributed by atoms with E-state index in [1.807, 2.05) is 51.7 Å². The summed E-state index contributed by atoms with van der Waals surface area (Å²) in [6.07, 6.45) is -3.25. The van der Waals surface area contributed by atoms with Crippen LogP contribution in [-0.4, -0.2) is 78.6 Å². The summed E-state index contributed by atoms with van der Waals surface area (Å²) in [5.41, 5.74) is -0.745.